The molecule has 0 spiro atoms. The Hall–Kier alpha value is -2.62. The molecule has 2 N–H and O–H groups in total. The fourth-order valence-electron chi connectivity index (χ4n) is 2.31. The molecule has 4 heteroatoms. The predicted octanol–water partition coefficient (Wildman–Crippen LogP) is 3.45. The molecular formula is C17H15FN2O. The van der Waals surface area contributed by atoms with Gasteiger partial charge < -0.3 is 10.6 Å². The van der Waals surface area contributed by atoms with E-state index >= 15 is 0 Å². The van der Waals surface area contributed by atoms with Crippen molar-refractivity contribution in [1.29, 1.82) is 0 Å². The van der Waals surface area contributed by atoms with Crippen molar-refractivity contribution in [3.63, 3.8) is 0 Å². The lowest BCUT2D eigenvalue weighted by Gasteiger charge is -2.05. The fourth-order valence-corrected chi connectivity index (χ4v) is 2.31. The first-order chi connectivity index (χ1) is 10.2. The lowest BCUT2D eigenvalue weighted by atomic mass is 10.1. The third kappa shape index (κ3) is 3.28. The Bertz CT molecular complexity index is 692. The SMILES string of the molecule is O=C(C=Cc1ccc(F)cc1)Nc1ccc2c(c1)CCN2. The number of carbonyl (C=O) groups excluding carboxylic acids is 1. The summed E-state index contributed by atoms with van der Waals surface area (Å²) in [6.45, 7) is 0.942. The lowest BCUT2D eigenvalue weighted by molar-refractivity contribution is -0.111. The molecule has 1 aliphatic heterocycles. The van der Waals surface area contributed by atoms with E-state index in [2.05, 4.69) is 10.6 Å². The summed E-state index contributed by atoms with van der Waals surface area (Å²) in [5.41, 5.74) is 3.92. The van der Waals surface area contributed by atoms with Gasteiger partial charge in [0, 0.05) is 24.0 Å². The van der Waals surface area contributed by atoms with Crippen molar-refractivity contribution < 1.29 is 9.18 Å². The molecule has 106 valence electrons. The number of fused-ring (bicyclic) bond motifs is 1. The zero-order valence-electron chi connectivity index (χ0n) is 11.4. The van der Waals surface area contributed by atoms with Crippen LogP contribution in [0.4, 0.5) is 15.8 Å². The second-order valence-electron chi connectivity index (χ2n) is 4.92. The number of hydrogen-bond acceptors (Lipinski definition) is 2. The Morgan fingerprint density at radius 2 is 2.00 bits per heavy atom. The normalized spacial score (nSPS) is 13.0. The topological polar surface area (TPSA) is 41.1 Å². The number of benzene rings is 2. The molecule has 0 saturated heterocycles. The summed E-state index contributed by atoms with van der Waals surface area (Å²) in [6, 6.07) is 11.8. The first-order valence-electron chi connectivity index (χ1n) is 6.82. The van der Waals surface area contributed by atoms with Crippen molar-refractivity contribution in [1.82, 2.24) is 0 Å². The highest BCUT2D eigenvalue weighted by Crippen LogP contribution is 2.25. The van der Waals surface area contributed by atoms with Crippen molar-refractivity contribution in [3.05, 3.63) is 65.5 Å². The van der Waals surface area contributed by atoms with Gasteiger partial charge in [-0.3, -0.25) is 4.79 Å². The summed E-state index contributed by atoms with van der Waals surface area (Å²) in [6.07, 6.45) is 4.08. The van der Waals surface area contributed by atoms with Gasteiger partial charge in [0.05, 0.1) is 0 Å². The van der Waals surface area contributed by atoms with Gasteiger partial charge in [-0.25, -0.2) is 4.39 Å². The zero-order valence-corrected chi connectivity index (χ0v) is 11.4. The average molecular weight is 282 g/mol. The van der Waals surface area contributed by atoms with Crippen molar-refractivity contribution in [2.24, 2.45) is 0 Å². The Labute approximate surface area is 122 Å². The molecule has 3 rings (SSSR count). The second-order valence-corrected chi connectivity index (χ2v) is 4.92. The van der Waals surface area contributed by atoms with Gasteiger partial charge >= 0.3 is 0 Å². The number of amides is 1. The van der Waals surface area contributed by atoms with Gasteiger partial charge in [0.1, 0.15) is 5.82 Å². The van der Waals surface area contributed by atoms with Crippen LogP contribution in [0, 0.1) is 5.82 Å². The van der Waals surface area contributed by atoms with Gasteiger partial charge in [0.2, 0.25) is 5.91 Å². The molecular weight excluding hydrogens is 267 g/mol. The third-order valence-electron chi connectivity index (χ3n) is 3.38. The van der Waals surface area contributed by atoms with E-state index in [1.807, 2.05) is 18.2 Å². The van der Waals surface area contributed by atoms with E-state index in [-0.39, 0.29) is 11.7 Å². The largest absolute Gasteiger partial charge is 0.384 e. The number of carbonyl (C=O) groups is 1. The van der Waals surface area contributed by atoms with Crippen LogP contribution in [0.3, 0.4) is 0 Å². The van der Waals surface area contributed by atoms with E-state index in [4.69, 9.17) is 0 Å². The van der Waals surface area contributed by atoms with Gasteiger partial charge in [-0.05, 0) is 54.0 Å². The minimum Gasteiger partial charge on any atom is -0.384 e. The highest BCUT2D eigenvalue weighted by Gasteiger charge is 2.10. The van der Waals surface area contributed by atoms with E-state index in [9.17, 15) is 9.18 Å². The Morgan fingerprint density at radius 3 is 2.81 bits per heavy atom. The summed E-state index contributed by atoms with van der Waals surface area (Å²) in [5, 5.41) is 6.10. The molecule has 2 aromatic rings. The second kappa shape index (κ2) is 5.79. The molecule has 0 unspecified atom stereocenters. The standard InChI is InChI=1S/C17H15FN2O/c18-14-4-1-12(2-5-14)3-8-17(21)20-15-6-7-16-13(11-15)9-10-19-16/h1-8,11,19H,9-10H2,(H,20,21). The maximum Gasteiger partial charge on any atom is 0.248 e. The number of rotatable bonds is 3. The van der Waals surface area contributed by atoms with Crippen LogP contribution in [0.5, 0.6) is 0 Å². The molecule has 1 aliphatic rings. The van der Waals surface area contributed by atoms with Gasteiger partial charge in [-0.15, -0.1) is 0 Å². The van der Waals surface area contributed by atoms with Gasteiger partial charge in [0.25, 0.3) is 0 Å². The summed E-state index contributed by atoms with van der Waals surface area (Å²) >= 11 is 0. The minimum absolute atomic E-state index is 0.203. The molecule has 0 bridgehead atoms. The minimum atomic E-state index is -0.289. The molecule has 0 radical (unpaired) electrons. The summed E-state index contributed by atoms with van der Waals surface area (Å²) in [7, 11) is 0. The smallest absolute Gasteiger partial charge is 0.248 e. The van der Waals surface area contributed by atoms with Crippen LogP contribution in [0.1, 0.15) is 11.1 Å². The predicted molar refractivity (Wildman–Crippen MR) is 82.7 cm³/mol. The van der Waals surface area contributed by atoms with Crippen molar-refractivity contribution in [2.75, 3.05) is 17.2 Å². The molecule has 1 heterocycles. The zero-order chi connectivity index (χ0) is 14.7. The molecule has 0 atom stereocenters. The molecule has 21 heavy (non-hydrogen) atoms. The molecule has 3 nitrogen and oxygen atoms in total. The van der Waals surface area contributed by atoms with Crippen LogP contribution in [0.15, 0.2) is 48.5 Å². The molecule has 0 aromatic heterocycles. The lowest BCUT2D eigenvalue weighted by Crippen LogP contribution is -2.07. The highest BCUT2D eigenvalue weighted by molar-refractivity contribution is 6.02. The van der Waals surface area contributed by atoms with Crippen molar-refractivity contribution in [2.45, 2.75) is 6.42 Å². The Kier molecular flexibility index (Phi) is 3.69. The van der Waals surface area contributed by atoms with Crippen LogP contribution in [0.25, 0.3) is 6.08 Å². The van der Waals surface area contributed by atoms with Crippen molar-refractivity contribution in [3.8, 4) is 0 Å². The summed E-state index contributed by atoms with van der Waals surface area (Å²) in [5.74, 6) is -0.492. The third-order valence-corrected chi connectivity index (χ3v) is 3.38. The van der Waals surface area contributed by atoms with Crippen LogP contribution in [-0.2, 0) is 11.2 Å². The van der Waals surface area contributed by atoms with Crippen LogP contribution < -0.4 is 10.6 Å². The van der Waals surface area contributed by atoms with Gasteiger partial charge in [-0.1, -0.05) is 12.1 Å². The van der Waals surface area contributed by atoms with Gasteiger partial charge in [-0.2, -0.15) is 0 Å². The van der Waals surface area contributed by atoms with Crippen LogP contribution in [0.2, 0.25) is 0 Å². The van der Waals surface area contributed by atoms with E-state index in [1.165, 1.54) is 23.8 Å². The first kappa shape index (κ1) is 13.4. The van der Waals surface area contributed by atoms with E-state index in [1.54, 1.807) is 18.2 Å². The van der Waals surface area contributed by atoms with Crippen LogP contribution >= 0.6 is 0 Å². The van der Waals surface area contributed by atoms with Gasteiger partial charge in [0.15, 0.2) is 0 Å². The molecule has 0 aliphatic carbocycles. The van der Waals surface area contributed by atoms with Crippen LogP contribution in [-0.4, -0.2) is 12.5 Å². The number of anilines is 2. The Balaban J connectivity index is 1.65. The first-order valence-corrected chi connectivity index (χ1v) is 6.82. The van der Waals surface area contributed by atoms with E-state index < -0.39 is 0 Å². The van der Waals surface area contributed by atoms with E-state index in [0.29, 0.717) is 0 Å². The Morgan fingerprint density at radius 1 is 1.19 bits per heavy atom. The van der Waals surface area contributed by atoms with Crippen molar-refractivity contribution >= 4 is 23.4 Å². The number of halogens is 1. The molecule has 2 aromatic carbocycles. The average Bonchev–Trinajstić information content (AvgIpc) is 2.94. The molecule has 0 fully saturated rings. The maximum atomic E-state index is 12.8. The monoisotopic (exact) mass is 282 g/mol. The molecule has 1 amide bonds. The van der Waals surface area contributed by atoms with E-state index in [0.717, 1.165) is 29.9 Å². The number of nitrogens with one attached hydrogen (secondary N) is 2. The molecule has 0 saturated carbocycles. The fraction of sp³-hybridized carbons (Fsp3) is 0.118. The highest BCUT2D eigenvalue weighted by atomic mass is 19.1. The number of hydrogen-bond donors (Lipinski definition) is 2. The maximum absolute atomic E-state index is 12.8. The quantitative estimate of drug-likeness (QED) is 0.847. The summed E-state index contributed by atoms with van der Waals surface area (Å²) in [4.78, 5) is 11.9. The summed E-state index contributed by atoms with van der Waals surface area (Å²) < 4.78 is 12.8.